The van der Waals surface area contributed by atoms with Crippen LogP contribution in [-0.4, -0.2) is 75.2 Å². The van der Waals surface area contributed by atoms with Crippen LogP contribution in [-0.2, 0) is 9.53 Å². The number of hydrogen-bond donors (Lipinski definition) is 1. The molecule has 2 aliphatic rings. The number of nitrogens with one attached hydrogen (secondary N) is 1. The molecule has 0 radical (unpaired) electrons. The van der Waals surface area contributed by atoms with Crippen LogP contribution in [0.4, 0.5) is 0 Å². The fourth-order valence-electron chi connectivity index (χ4n) is 2.48. The molecule has 0 saturated carbocycles. The van der Waals surface area contributed by atoms with Crippen LogP contribution in [0.15, 0.2) is 0 Å². The Labute approximate surface area is 109 Å². The number of amides is 1. The quantitative estimate of drug-likeness (QED) is 0.690. The molecule has 1 amide bonds. The standard InChI is InChI=1S/C13H25N3O2/c1-15-5-7-16(8-6-15)13(17)10-14-4-2-12-3-9-18-11-12/h12,14H,2-11H2,1H3. The van der Waals surface area contributed by atoms with E-state index in [2.05, 4.69) is 17.3 Å². The molecule has 1 unspecified atom stereocenters. The summed E-state index contributed by atoms with van der Waals surface area (Å²) in [6.45, 7) is 6.93. The Kier molecular flexibility index (Phi) is 5.41. The van der Waals surface area contributed by atoms with Gasteiger partial charge in [0.15, 0.2) is 0 Å². The molecule has 1 N–H and O–H groups in total. The SMILES string of the molecule is CN1CCN(C(=O)CNCCC2CCOC2)CC1. The van der Waals surface area contributed by atoms with Gasteiger partial charge in [0.25, 0.3) is 0 Å². The average molecular weight is 255 g/mol. The van der Waals surface area contributed by atoms with E-state index >= 15 is 0 Å². The molecule has 1 atom stereocenters. The van der Waals surface area contributed by atoms with Gasteiger partial charge in [0, 0.05) is 39.4 Å². The third-order valence-corrected chi connectivity index (χ3v) is 3.89. The molecule has 0 bridgehead atoms. The molecule has 0 aromatic heterocycles. The Balaban J connectivity index is 1.54. The van der Waals surface area contributed by atoms with Crippen molar-refractivity contribution in [2.45, 2.75) is 12.8 Å². The number of nitrogens with zero attached hydrogens (tertiary/aromatic N) is 2. The number of rotatable bonds is 5. The molecule has 2 rings (SSSR count). The van der Waals surface area contributed by atoms with Crippen LogP contribution in [0, 0.1) is 5.92 Å². The second kappa shape index (κ2) is 7.07. The molecule has 0 aliphatic carbocycles. The van der Waals surface area contributed by atoms with Crippen LogP contribution >= 0.6 is 0 Å². The summed E-state index contributed by atoms with van der Waals surface area (Å²) in [5.41, 5.74) is 0. The van der Waals surface area contributed by atoms with Gasteiger partial charge in [-0.1, -0.05) is 0 Å². The van der Waals surface area contributed by atoms with E-state index < -0.39 is 0 Å². The first kappa shape index (κ1) is 13.8. The van der Waals surface area contributed by atoms with E-state index in [0.29, 0.717) is 12.5 Å². The van der Waals surface area contributed by atoms with Gasteiger partial charge in [-0.3, -0.25) is 4.79 Å². The van der Waals surface area contributed by atoms with Crippen molar-refractivity contribution in [3.63, 3.8) is 0 Å². The summed E-state index contributed by atoms with van der Waals surface area (Å²) in [5, 5.41) is 3.26. The first-order valence-corrected chi connectivity index (χ1v) is 7.00. The topological polar surface area (TPSA) is 44.8 Å². The first-order chi connectivity index (χ1) is 8.75. The summed E-state index contributed by atoms with van der Waals surface area (Å²) in [6, 6.07) is 0. The Morgan fingerprint density at radius 2 is 2.11 bits per heavy atom. The molecule has 0 aromatic carbocycles. The van der Waals surface area contributed by atoms with Gasteiger partial charge >= 0.3 is 0 Å². The number of carbonyl (C=O) groups excluding carboxylic acids is 1. The lowest BCUT2D eigenvalue weighted by Gasteiger charge is -2.32. The third kappa shape index (κ3) is 4.23. The monoisotopic (exact) mass is 255 g/mol. The maximum Gasteiger partial charge on any atom is 0.236 e. The third-order valence-electron chi connectivity index (χ3n) is 3.89. The van der Waals surface area contributed by atoms with Crippen LogP contribution in [0.2, 0.25) is 0 Å². The van der Waals surface area contributed by atoms with Gasteiger partial charge in [-0.05, 0) is 32.4 Å². The van der Waals surface area contributed by atoms with E-state index in [-0.39, 0.29) is 5.91 Å². The highest BCUT2D eigenvalue weighted by Gasteiger charge is 2.19. The lowest BCUT2D eigenvalue weighted by Crippen LogP contribution is -2.49. The van der Waals surface area contributed by atoms with Crippen molar-refractivity contribution in [2.24, 2.45) is 5.92 Å². The predicted octanol–water partition coefficient (Wildman–Crippen LogP) is -0.223. The summed E-state index contributed by atoms with van der Waals surface area (Å²) in [4.78, 5) is 16.1. The highest BCUT2D eigenvalue weighted by molar-refractivity contribution is 5.78. The minimum atomic E-state index is 0.241. The zero-order valence-corrected chi connectivity index (χ0v) is 11.4. The lowest BCUT2D eigenvalue weighted by atomic mass is 10.1. The molecule has 18 heavy (non-hydrogen) atoms. The summed E-state index contributed by atoms with van der Waals surface area (Å²) in [5.74, 6) is 0.932. The van der Waals surface area contributed by atoms with Crippen molar-refractivity contribution in [3.8, 4) is 0 Å². The number of carbonyl (C=O) groups is 1. The first-order valence-electron chi connectivity index (χ1n) is 7.00. The summed E-state index contributed by atoms with van der Waals surface area (Å²) < 4.78 is 5.33. The van der Waals surface area contributed by atoms with Gasteiger partial charge in [-0.2, -0.15) is 0 Å². The molecule has 5 nitrogen and oxygen atoms in total. The zero-order valence-electron chi connectivity index (χ0n) is 11.4. The molecular weight excluding hydrogens is 230 g/mol. The molecule has 5 heteroatoms. The van der Waals surface area contributed by atoms with Crippen molar-refractivity contribution in [2.75, 3.05) is 59.5 Å². The highest BCUT2D eigenvalue weighted by Crippen LogP contribution is 2.15. The second-order valence-corrected chi connectivity index (χ2v) is 5.38. The Morgan fingerprint density at radius 1 is 1.33 bits per heavy atom. The molecule has 2 saturated heterocycles. The van der Waals surface area contributed by atoms with Crippen molar-refractivity contribution in [1.29, 1.82) is 0 Å². The molecule has 104 valence electrons. The van der Waals surface area contributed by atoms with E-state index in [1.807, 2.05) is 4.90 Å². The number of ether oxygens (including phenoxy) is 1. The lowest BCUT2D eigenvalue weighted by molar-refractivity contribution is -0.131. The van der Waals surface area contributed by atoms with Crippen LogP contribution < -0.4 is 5.32 Å². The smallest absolute Gasteiger partial charge is 0.236 e. The van der Waals surface area contributed by atoms with Crippen LogP contribution in [0.5, 0.6) is 0 Å². The van der Waals surface area contributed by atoms with Gasteiger partial charge in [-0.15, -0.1) is 0 Å². The highest BCUT2D eigenvalue weighted by atomic mass is 16.5. The number of likely N-dealkylation sites (N-methyl/N-ethyl adjacent to an activating group) is 1. The normalized spacial score (nSPS) is 25.6. The van der Waals surface area contributed by atoms with Crippen LogP contribution in [0.3, 0.4) is 0 Å². The molecule has 2 heterocycles. The van der Waals surface area contributed by atoms with Gasteiger partial charge in [0.05, 0.1) is 6.54 Å². The maximum absolute atomic E-state index is 11.9. The Hall–Kier alpha value is -0.650. The molecule has 2 fully saturated rings. The fourth-order valence-corrected chi connectivity index (χ4v) is 2.48. The number of piperazine rings is 1. The summed E-state index contributed by atoms with van der Waals surface area (Å²) >= 11 is 0. The van der Waals surface area contributed by atoms with Crippen molar-refractivity contribution < 1.29 is 9.53 Å². The largest absolute Gasteiger partial charge is 0.381 e. The van der Waals surface area contributed by atoms with Crippen LogP contribution in [0.1, 0.15) is 12.8 Å². The Morgan fingerprint density at radius 3 is 2.78 bits per heavy atom. The van der Waals surface area contributed by atoms with Gasteiger partial charge in [-0.25, -0.2) is 0 Å². The van der Waals surface area contributed by atoms with Crippen LogP contribution in [0.25, 0.3) is 0 Å². The summed E-state index contributed by atoms with van der Waals surface area (Å²) in [7, 11) is 2.10. The maximum atomic E-state index is 11.9. The molecule has 0 aromatic rings. The van der Waals surface area contributed by atoms with E-state index in [9.17, 15) is 4.79 Å². The molecule has 0 spiro atoms. The van der Waals surface area contributed by atoms with E-state index in [1.54, 1.807) is 0 Å². The van der Waals surface area contributed by atoms with Gasteiger partial charge in [0.1, 0.15) is 0 Å². The van der Waals surface area contributed by atoms with Crippen molar-refractivity contribution in [3.05, 3.63) is 0 Å². The second-order valence-electron chi connectivity index (χ2n) is 5.38. The van der Waals surface area contributed by atoms with Gasteiger partial charge in [0.2, 0.25) is 5.91 Å². The number of hydrogen-bond acceptors (Lipinski definition) is 4. The van der Waals surface area contributed by atoms with E-state index in [4.69, 9.17) is 4.74 Å². The molecular formula is C13H25N3O2. The minimum Gasteiger partial charge on any atom is -0.381 e. The Bertz CT molecular complexity index is 259. The zero-order chi connectivity index (χ0) is 12.8. The summed E-state index contributed by atoms with van der Waals surface area (Å²) in [6.07, 6.45) is 2.30. The predicted molar refractivity (Wildman–Crippen MR) is 70.5 cm³/mol. The van der Waals surface area contributed by atoms with E-state index in [1.165, 1.54) is 6.42 Å². The minimum absolute atomic E-state index is 0.241. The van der Waals surface area contributed by atoms with Gasteiger partial charge < -0.3 is 19.9 Å². The van der Waals surface area contributed by atoms with Crippen molar-refractivity contribution in [1.82, 2.24) is 15.1 Å². The fraction of sp³-hybridized carbons (Fsp3) is 0.923. The van der Waals surface area contributed by atoms with E-state index in [0.717, 1.165) is 52.4 Å². The van der Waals surface area contributed by atoms with Crippen molar-refractivity contribution >= 4 is 5.91 Å². The molecule has 2 aliphatic heterocycles. The average Bonchev–Trinajstić information content (AvgIpc) is 2.88.